The van der Waals surface area contributed by atoms with Crippen molar-refractivity contribution in [2.24, 2.45) is 0 Å². The summed E-state index contributed by atoms with van der Waals surface area (Å²) in [6, 6.07) is 76.0. The lowest BCUT2D eigenvalue weighted by atomic mass is 9.62. The zero-order valence-electron chi connectivity index (χ0n) is 32.8. The molecular weight excluding hydrogens is 761 g/mol. The maximum Gasteiger partial charge on any atom is 0.145 e. The Morgan fingerprint density at radius 3 is 1.84 bits per heavy atom. The third-order valence-corrected chi connectivity index (χ3v) is 14.4. The molecule has 61 heavy (non-hydrogen) atoms. The third kappa shape index (κ3) is 4.33. The summed E-state index contributed by atoms with van der Waals surface area (Å²) in [6.07, 6.45) is 0. The molecule has 1 unspecified atom stereocenters. The van der Waals surface area contributed by atoms with Crippen LogP contribution < -0.4 is 0 Å². The van der Waals surface area contributed by atoms with Crippen LogP contribution in [0.4, 0.5) is 0 Å². The van der Waals surface area contributed by atoms with Gasteiger partial charge in [-0.05, 0) is 107 Å². The van der Waals surface area contributed by atoms with Gasteiger partial charge in [0.25, 0.3) is 0 Å². The van der Waals surface area contributed by atoms with E-state index in [9.17, 15) is 0 Å². The molecular formula is C56H34N4S. The van der Waals surface area contributed by atoms with Gasteiger partial charge < -0.3 is 9.13 Å². The zero-order chi connectivity index (χ0) is 39.8. The predicted octanol–water partition coefficient (Wildman–Crippen LogP) is 14.0. The SMILES string of the molecule is c1ccc(-n2c(-c3ccc(-n4c5ccccc5c5cc6c(cc54)C4(c5ccccc5S6)c5ccccc5-n5c6ccccc6c6cccc4c65)cc3)nc3ccccc32)cc1. The minimum absolute atomic E-state index is 0.562. The van der Waals surface area contributed by atoms with E-state index in [0.717, 1.165) is 33.8 Å². The lowest BCUT2D eigenvalue weighted by Crippen LogP contribution is -2.37. The average Bonchev–Trinajstić information content (AvgIpc) is 3.99. The minimum Gasteiger partial charge on any atom is -0.309 e. The van der Waals surface area contributed by atoms with Crippen LogP contribution in [-0.2, 0) is 5.41 Å². The number of benzene rings is 9. The van der Waals surface area contributed by atoms with Crippen LogP contribution in [0.2, 0.25) is 0 Å². The molecule has 14 rings (SSSR count). The molecule has 3 aromatic heterocycles. The predicted molar refractivity (Wildman–Crippen MR) is 251 cm³/mol. The Morgan fingerprint density at radius 2 is 1.00 bits per heavy atom. The number of nitrogens with zero attached hydrogens (tertiary/aromatic N) is 4. The number of imidazole rings is 1. The van der Waals surface area contributed by atoms with Crippen molar-refractivity contribution in [3.8, 4) is 28.5 Å². The summed E-state index contributed by atoms with van der Waals surface area (Å²) in [5, 5.41) is 5.07. The molecule has 2 aliphatic rings. The Labute approximate surface area is 355 Å². The molecule has 4 nitrogen and oxygen atoms in total. The summed E-state index contributed by atoms with van der Waals surface area (Å²) in [4.78, 5) is 7.77. The van der Waals surface area contributed by atoms with Crippen molar-refractivity contribution in [2.75, 3.05) is 0 Å². The van der Waals surface area contributed by atoms with Crippen LogP contribution in [0.5, 0.6) is 0 Å². The maximum atomic E-state index is 5.18. The molecule has 0 saturated heterocycles. The summed E-state index contributed by atoms with van der Waals surface area (Å²) < 4.78 is 7.27. The van der Waals surface area contributed by atoms with Crippen molar-refractivity contribution in [2.45, 2.75) is 15.2 Å². The third-order valence-electron chi connectivity index (χ3n) is 13.3. The van der Waals surface area contributed by atoms with Crippen LogP contribution in [0.15, 0.2) is 216 Å². The van der Waals surface area contributed by atoms with E-state index >= 15 is 0 Å². The van der Waals surface area contributed by atoms with Crippen molar-refractivity contribution < 1.29 is 0 Å². The van der Waals surface area contributed by atoms with E-state index in [1.165, 1.54) is 81.3 Å². The van der Waals surface area contributed by atoms with Gasteiger partial charge in [-0.1, -0.05) is 133 Å². The van der Waals surface area contributed by atoms with Crippen molar-refractivity contribution in [3.05, 3.63) is 229 Å². The summed E-state index contributed by atoms with van der Waals surface area (Å²) in [6.45, 7) is 0. The van der Waals surface area contributed by atoms with Gasteiger partial charge in [0, 0.05) is 48.3 Å². The monoisotopic (exact) mass is 794 g/mol. The first-order valence-corrected chi connectivity index (χ1v) is 21.7. The topological polar surface area (TPSA) is 27.7 Å². The van der Waals surface area contributed by atoms with E-state index in [-0.39, 0.29) is 0 Å². The van der Waals surface area contributed by atoms with Gasteiger partial charge in [0.2, 0.25) is 0 Å². The lowest BCUT2D eigenvalue weighted by molar-refractivity contribution is 0.690. The number of rotatable bonds is 3. The van der Waals surface area contributed by atoms with Gasteiger partial charge in [-0.25, -0.2) is 4.98 Å². The van der Waals surface area contributed by atoms with Crippen LogP contribution in [0.1, 0.15) is 22.3 Å². The molecule has 1 spiro atoms. The van der Waals surface area contributed by atoms with Crippen LogP contribution in [0.3, 0.4) is 0 Å². The Morgan fingerprint density at radius 1 is 0.377 bits per heavy atom. The number of hydrogen-bond acceptors (Lipinski definition) is 2. The molecule has 2 aliphatic heterocycles. The van der Waals surface area contributed by atoms with E-state index in [2.05, 4.69) is 220 Å². The molecule has 0 amide bonds. The number of aromatic nitrogens is 4. The minimum atomic E-state index is -0.562. The molecule has 0 bridgehead atoms. The second-order valence-electron chi connectivity index (χ2n) is 16.3. The normalized spacial score (nSPS) is 15.2. The van der Waals surface area contributed by atoms with Gasteiger partial charge in [-0.2, -0.15) is 0 Å². The van der Waals surface area contributed by atoms with Crippen molar-refractivity contribution in [1.29, 1.82) is 0 Å². The number of hydrogen-bond donors (Lipinski definition) is 0. The first-order valence-electron chi connectivity index (χ1n) is 20.9. The summed E-state index contributed by atoms with van der Waals surface area (Å²) in [7, 11) is 0. The Hall–Kier alpha value is -7.60. The number of para-hydroxylation sites is 7. The van der Waals surface area contributed by atoms with Crippen LogP contribution in [0.25, 0.3) is 83.1 Å². The van der Waals surface area contributed by atoms with Crippen molar-refractivity contribution >= 4 is 66.4 Å². The standard InChI is InChI=1S/C56H34N4S/c1-2-15-36(16-3-1)59-50-27-12-8-23-46(50)57-55(59)35-29-31-37(32-30-35)58-47-24-9-5-18-39(47)41-33-53-45(34-51(41)58)56(43-21-7-13-28-52(43)61-53)42-20-6-11-26-49(42)60-48-25-10-4-17-38(48)40-19-14-22-44(56)54(40)60/h1-34H. The summed E-state index contributed by atoms with van der Waals surface area (Å²) in [5.74, 6) is 0.926. The van der Waals surface area contributed by atoms with E-state index in [1.807, 2.05) is 11.8 Å². The second kappa shape index (κ2) is 12.2. The first-order chi connectivity index (χ1) is 30.3. The molecule has 5 heterocycles. The Balaban J connectivity index is 1.05. The highest BCUT2D eigenvalue weighted by atomic mass is 32.2. The molecule has 0 radical (unpaired) electrons. The summed E-state index contributed by atoms with van der Waals surface area (Å²) in [5.41, 5.74) is 16.2. The van der Waals surface area contributed by atoms with E-state index in [0.29, 0.717) is 0 Å². The molecule has 0 N–H and O–H groups in total. The van der Waals surface area contributed by atoms with Gasteiger partial charge in [0.1, 0.15) is 5.82 Å². The molecule has 9 aromatic carbocycles. The zero-order valence-corrected chi connectivity index (χ0v) is 33.6. The van der Waals surface area contributed by atoms with E-state index in [4.69, 9.17) is 4.98 Å². The van der Waals surface area contributed by atoms with Crippen LogP contribution >= 0.6 is 11.8 Å². The Bertz CT molecular complexity index is 3800. The fourth-order valence-corrected chi connectivity index (χ4v) is 12.1. The van der Waals surface area contributed by atoms with Crippen molar-refractivity contribution in [1.82, 2.24) is 18.7 Å². The van der Waals surface area contributed by atoms with Crippen LogP contribution in [0, 0.1) is 0 Å². The quantitative estimate of drug-likeness (QED) is 0.178. The molecule has 0 saturated carbocycles. The molecule has 5 heteroatoms. The summed E-state index contributed by atoms with van der Waals surface area (Å²) >= 11 is 1.90. The second-order valence-corrected chi connectivity index (χ2v) is 17.4. The van der Waals surface area contributed by atoms with Gasteiger partial charge >= 0.3 is 0 Å². The van der Waals surface area contributed by atoms with Gasteiger partial charge in [0.05, 0.1) is 44.2 Å². The van der Waals surface area contributed by atoms with E-state index < -0.39 is 5.41 Å². The lowest BCUT2D eigenvalue weighted by Gasteiger charge is -2.45. The highest BCUT2D eigenvalue weighted by Crippen LogP contribution is 2.61. The molecule has 1 atom stereocenters. The van der Waals surface area contributed by atoms with Crippen LogP contribution in [-0.4, -0.2) is 18.7 Å². The van der Waals surface area contributed by atoms with Gasteiger partial charge in [0.15, 0.2) is 0 Å². The highest BCUT2D eigenvalue weighted by Gasteiger charge is 2.49. The molecule has 284 valence electrons. The largest absolute Gasteiger partial charge is 0.309 e. The van der Waals surface area contributed by atoms with E-state index in [1.54, 1.807) is 0 Å². The maximum absolute atomic E-state index is 5.18. The average molecular weight is 795 g/mol. The smallest absolute Gasteiger partial charge is 0.145 e. The molecule has 0 aliphatic carbocycles. The first kappa shape index (κ1) is 33.3. The fourth-order valence-electron chi connectivity index (χ4n) is 10.9. The van der Waals surface area contributed by atoms with Crippen molar-refractivity contribution in [3.63, 3.8) is 0 Å². The Kier molecular flexibility index (Phi) is 6.67. The van der Waals surface area contributed by atoms with Gasteiger partial charge in [-0.15, -0.1) is 0 Å². The van der Waals surface area contributed by atoms with Gasteiger partial charge in [-0.3, -0.25) is 4.57 Å². The highest BCUT2D eigenvalue weighted by molar-refractivity contribution is 7.99. The fraction of sp³-hybridized carbons (Fsp3) is 0.0179. The molecule has 0 fully saturated rings. The molecule has 12 aromatic rings. The number of fused-ring (bicyclic) bond motifs is 15.